The van der Waals surface area contributed by atoms with Gasteiger partial charge in [-0.25, -0.2) is 13.2 Å². The van der Waals surface area contributed by atoms with Gasteiger partial charge >= 0.3 is 0 Å². The van der Waals surface area contributed by atoms with Crippen molar-refractivity contribution < 1.29 is 27.6 Å². The van der Waals surface area contributed by atoms with Gasteiger partial charge in [0.1, 0.15) is 17.6 Å². The van der Waals surface area contributed by atoms with E-state index in [1.807, 2.05) is 13.8 Å². The number of anilines is 1. The van der Waals surface area contributed by atoms with Crippen molar-refractivity contribution in [2.45, 2.75) is 76.8 Å². The van der Waals surface area contributed by atoms with Crippen molar-refractivity contribution >= 4 is 23.4 Å². The zero-order valence-corrected chi connectivity index (χ0v) is 22.9. The summed E-state index contributed by atoms with van der Waals surface area (Å²) < 4.78 is 44.0. The number of carbonyl (C=O) groups excluding carboxylic acids is 3. The summed E-state index contributed by atoms with van der Waals surface area (Å²) in [4.78, 5) is 40.7. The van der Waals surface area contributed by atoms with Crippen LogP contribution in [-0.2, 0) is 9.59 Å². The van der Waals surface area contributed by atoms with Gasteiger partial charge in [0.15, 0.2) is 12.3 Å². The summed E-state index contributed by atoms with van der Waals surface area (Å²) in [5.41, 5.74) is 0.612. The number of nitrogens with zero attached hydrogens (tertiary/aromatic N) is 3. The second-order valence-corrected chi connectivity index (χ2v) is 11.7. The maximum atomic E-state index is 15.2. The van der Waals surface area contributed by atoms with Crippen LogP contribution < -0.4 is 10.6 Å². The van der Waals surface area contributed by atoms with Crippen LogP contribution in [0.2, 0.25) is 0 Å². The van der Waals surface area contributed by atoms with Crippen molar-refractivity contribution in [1.82, 2.24) is 20.0 Å². The highest BCUT2D eigenvalue weighted by atomic mass is 19.2. The van der Waals surface area contributed by atoms with Crippen LogP contribution >= 0.6 is 0 Å². The molecule has 1 aromatic carbocycles. The molecular formula is C29H36F3N5O3. The van der Waals surface area contributed by atoms with E-state index in [2.05, 4.69) is 15.7 Å². The van der Waals surface area contributed by atoms with E-state index in [9.17, 15) is 23.2 Å². The lowest BCUT2D eigenvalue weighted by atomic mass is 9.88. The minimum atomic E-state index is -1.72. The molecule has 2 saturated carbocycles. The average molecular weight is 560 g/mol. The van der Waals surface area contributed by atoms with E-state index in [1.165, 1.54) is 12.1 Å². The first-order valence-electron chi connectivity index (χ1n) is 14.1. The smallest absolute Gasteiger partial charge is 0.270 e. The zero-order chi connectivity index (χ0) is 28.7. The number of likely N-dealkylation sites (tertiary alicyclic amines) is 1. The highest BCUT2D eigenvalue weighted by Gasteiger charge is 2.48. The molecule has 2 aliphatic carbocycles. The molecule has 40 heavy (non-hydrogen) atoms. The molecule has 1 aliphatic heterocycles. The van der Waals surface area contributed by atoms with E-state index in [-0.39, 0.29) is 30.7 Å². The maximum absolute atomic E-state index is 15.2. The molecule has 1 aromatic heterocycles. The summed E-state index contributed by atoms with van der Waals surface area (Å²) in [6, 6.07) is 4.77. The Morgan fingerprint density at radius 3 is 2.15 bits per heavy atom. The molecule has 3 fully saturated rings. The second-order valence-electron chi connectivity index (χ2n) is 11.7. The molecule has 11 heteroatoms. The summed E-state index contributed by atoms with van der Waals surface area (Å²) in [6.45, 7) is 4.72. The number of hydrogen-bond donors (Lipinski definition) is 2. The SMILES string of the molecule is CC(C(=O)N1C[C@@H](F)[C@@H](F)C1)c1ccc(NC(=O)[C@@H](NC(=O)c2ccnn2C(C)C)C(C2CC2)C2CC2)c(F)c1. The predicted octanol–water partition coefficient (Wildman–Crippen LogP) is 4.40. The molecule has 1 saturated heterocycles. The van der Waals surface area contributed by atoms with Crippen LogP contribution in [0.4, 0.5) is 18.9 Å². The third-order valence-electron chi connectivity index (χ3n) is 8.29. The Morgan fingerprint density at radius 2 is 1.60 bits per heavy atom. The van der Waals surface area contributed by atoms with Gasteiger partial charge < -0.3 is 15.5 Å². The first kappa shape index (κ1) is 28.2. The van der Waals surface area contributed by atoms with Gasteiger partial charge in [-0.05, 0) is 88.0 Å². The average Bonchev–Trinajstić information content (AvgIpc) is 3.85. The summed E-state index contributed by atoms with van der Waals surface area (Å²) >= 11 is 0. The van der Waals surface area contributed by atoms with Crippen LogP contribution in [0.25, 0.3) is 0 Å². The standard InChI is InChI=1S/C29H36F3N5O3/c1-15(2)37-24(10-11-33-37)27(38)35-26(25(17-4-5-17)18-6-7-18)28(39)34-23-9-8-19(12-20(23)30)16(3)29(40)36-13-21(31)22(32)14-36/h8-12,15-18,21-22,25-26H,4-7,13-14H2,1-3H3,(H,34,39)(H,35,38)/t16?,21-,22+,26-/m0/s1. The number of nitrogens with one attached hydrogen (secondary N) is 2. The number of benzene rings is 1. The summed E-state index contributed by atoms with van der Waals surface area (Å²) in [5, 5.41) is 9.81. The Labute approximate surface area is 231 Å². The number of rotatable bonds is 10. The van der Waals surface area contributed by atoms with Crippen molar-refractivity contribution in [2.24, 2.45) is 17.8 Å². The molecule has 8 nitrogen and oxygen atoms in total. The van der Waals surface area contributed by atoms with Crippen LogP contribution in [0.3, 0.4) is 0 Å². The highest BCUT2D eigenvalue weighted by Crippen LogP contribution is 2.51. The van der Waals surface area contributed by atoms with Crippen LogP contribution in [0.5, 0.6) is 0 Å². The van der Waals surface area contributed by atoms with Gasteiger partial charge in [0.05, 0.1) is 24.7 Å². The number of hydrogen-bond acceptors (Lipinski definition) is 4. The number of alkyl halides is 2. The number of carbonyl (C=O) groups is 3. The first-order chi connectivity index (χ1) is 19.0. The topological polar surface area (TPSA) is 96.3 Å². The summed E-state index contributed by atoms with van der Waals surface area (Å²) in [7, 11) is 0. The van der Waals surface area contributed by atoms with Crippen LogP contribution in [-0.4, -0.2) is 63.9 Å². The van der Waals surface area contributed by atoms with Crippen LogP contribution in [0.15, 0.2) is 30.5 Å². The van der Waals surface area contributed by atoms with E-state index in [1.54, 1.807) is 23.9 Å². The molecule has 1 unspecified atom stereocenters. The Balaban J connectivity index is 1.32. The van der Waals surface area contributed by atoms with Gasteiger partial charge in [-0.1, -0.05) is 6.07 Å². The number of aromatic nitrogens is 2. The normalized spacial score (nSPS) is 22.4. The van der Waals surface area contributed by atoms with E-state index in [0.717, 1.165) is 36.6 Å². The zero-order valence-electron chi connectivity index (χ0n) is 22.9. The van der Waals surface area contributed by atoms with Gasteiger partial charge in [-0.2, -0.15) is 5.10 Å². The lowest BCUT2D eigenvalue weighted by molar-refractivity contribution is -0.131. The molecule has 4 atom stereocenters. The Kier molecular flexibility index (Phi) is 7.92. The number of amides is 3. The molecular weight excluding hydrogens is 523 g/mol. The largest absolute Gasteiger partial charge is 0.339 e. The fourth-order valence-corrected chi connectivity index (χ4v) is 5.78. The fraction of sp³-hybridized carbons (Fsp3) is 0.586. The Bertz CT molecular complexity index is 1250. The third kappa shape index (κ3) is 5.88. The molecule has 2 heterocycles. The van der Waals surface area contributed by atoms with Crippen molar-refractivity contribution in [1.29, 1.82) is 0 Å². The van der Waals surface area contributed by atoms with Crippen molar-refractivity contribution in [3.8, 4) is 0 Å². The molecule has 3 aliphatic rings. The fourth-order valence-electron chi connectivity index (χ4n) is 5.78. The summed E-state index contributed by atoms with van der Waals surface area (Å²) in [5.74, 6) is -2.33. The molecule has 0 spiro atoms. The maximum Gasteiger partial charge on any atom is 0.270 e. The van der Waals surface area contributed by atoms with Crippen LogP contribution in [0.1, 0.15) is 74.5 Å². The molecule has 0 radical (unpaired) electrons. The monoisotopic (exact) mass is 559 g/mol. The van der Waals surface area contributed by atoms with E-state index < -0.39 is 47.8 Å². The lowest BCUT2D eigenvalue weighted by Gasteiger charge is -2.28. The van der Waals surface area contributed by atoms with Gasteiger partial charge in [0.2, 0.25) is 11.8 Å². The molecule has 2 aromatic rings. The quantitative estimate of drug-likeness (QED) is 0.451. The summed E-state index contributed by atoms with van der Waals surface area (Å²) in [6.07, 6.45) is 2.06. The van der Waals surface area contributed by atoms with E-state index in [4.69, 9.17) is 0 Å². The Morgan fingerprint density at radius 1 is 0.975 bits per heavy atom. The van der Waals surface area contributed by atoms with Crippen molar-refractivity contribution in [3.05, 3.63) is 47.5 Å². The van der Waals surface area contributed by atoms with E-state index >= 15 is 4.39 Å². The lowest BCUT2D eigenvalue weighted by Crippen LogP contribution is -2.50. The molecule has 0 bridgehead atoms. The second kappa shape index (κ2) is 11.2. The van der Waals surface area contributed by atoms with Crippen molar-refractivity contribution in [2.75, 3.05) is 18.4 Å². The minimum absolute atomic E-state index is 0.0431. The molecule has 5 rings (SSSR count). The van der Waals surface area contributed by atoms with Crippen LogP contribution in [0, 0.1) is 23.6 Å². The molecule has 3 amide bonds. The van der Waals surface area contributed by atoms with Crippen molar-refractivity contribution in [3.63, 3.8) is 0 Å². The Hall–Kier alpha value is -3.37. The predicted molar refractivity (Wildman–Crippen MR) is 143 cm³/mol. The van der Waals surface area contributed by atoms with Gasteiger partial charge in [-0.3, -0.25) is 19.1 Å². The van der Waals surface area contributed by atoms with Gasteiger partial charge in [0.25, 0.3) is 5.91 Å². The third-order valence-corrected chi connectivity index (χ3v) is 8.29. The number of halogens is 3. The molecule has 216 valence electrons. The van der Waals surface area contributed by atoms with Gasteiger partial charge in [0, 0.05) is 12.2 Å². The van der Waals surface area contributed by atoms with Gasteiger partial charge in [-0.15, -0.1) is 0 Å². The first-order valence-corrected chi connectivity index (χ1v) is 14.1. The highest BCUT2D eigenvalue weighted by molar-refractivity contribution is 6.01. The van der Waals surface area contributed by atoms with E-state index in [0.29, 0.717) is 23.1 Å². The minimum Gasteiger partial charge on any atom is -0.339 e. The molecule has 2 N–H and O–H groups in total.